The summed E-state index contributed by atoms with van der Waals surface area (Å²) in [4.78, 5) is 16.8. The third kappa shape index (κ3) is 2.94. The summed E-state index contributed by atoms with van der Waals surface area (Å²) < 4.78 is 2.64. The minimum absolute atomic E-state index is 0.0516. The molecule has 20 heavy (non-hydrogen) atoms. The normalized spacial score (nSPS) is 18.8. The average Bonchev–Trinajstić information content (AvgIpc) is 2.95. The van der Waals surface area contributed by atoms with E-state index in [1.54, 1.807) is 10.9 Å². The number of halogens is 1. The lowest BCUT2D eigenvalue weighted by Crippen LogP contribution is -2.24. The molecule has 1 unspecified atom stereocenters. The highest BCUT2D eigenvalue weighted by molar-refractivity contribution is 9.10. The third-order valence-corrected chi connectivity index (χ3v) is 4.39. The summed E-state index contributed by atoms with van der Waals surface area (Å²) in [6, 6.07) is 6.26. The summed E-state index contributed by atoms with van der Waals surface area (Å²) >= 11 is 3.40. The second-order valence-corrected chi connectivity index (χ2v) is 6.26. The van der Waals surface area contributed by atoms with E-state index in [1.807, 2.05) is 18.2 Å². The van der Waals surface area contributed by atoms with Crippen LogP contribution in [0.5, 0.6) is 0 Å². The van der Waals surface area contributed by atoms with Crippen molar-refractivity contribution in [1.82, 2.24) is 14.9 Å². The largest absolute Gasteiger partial charge is 0.314 e. The van der Waals surface area contributed by atoms with Crippen molar-refractivity contribution in [3.05, 3.63) is 39.4 Å². The number of nitrogens with one attached hydrogen (secondary N) is 1. The van der Waals surface area contributed by atoms with Gasteiger partial charge in [-0.1, -0.05) is 15.9 Å². The van der Waals surface area contributed by atoms with Crippen LogP contribution in [-0.4, -0.2) is 22.1 Å². The van der Waals surface area contributed by atoms with E-state index in [0.717, 1.165) is 35.9 Å². The van der Waals surface area contributed by atoms with Crippen LogP contribution in [0, 0.1) is 0 Å². The van der Waals surface area contributed by atoms with Crippen molar-refractivity contribution in [3.8, 4) is 0 Å². The Morgan fingerprint density at radius 1 is 1.45 bits per heavy atom. The van der Waals surface area contributed by atoms with Crippen molar-refractivity contribution in [3.63, 3.8) is 0 Å². The molecule has 5 heteroatoms. The van der Waals surface area contributed by atoms with Crippen LogP contribution in [0.15, 0.2) is 33.8 Å². The highest BCUT2D eigenvalue weighted by Gasteiger charge is 2.13. The predicted molar refractivity (Wildman–Crippen MR) is 84.0 cm³/mol. The molecule has 0 amide bonds. The molecule has 2 aromatic rings. The van der Waals surface area contributed by atoms with Crippen molar-refractivity contribution >= 4 is 26.8 Å². The zero-order valence-electron chi connectivity index (χ0n) is 11.3. The fourth-order valence-corrected chi connectivity index (χ4v) is 3.16. The SMILES string of the molecule is O=c1c2cc(Br)ccc2ncn1CCCC1CCCN1. The summed E-state index contributed by atoms with van der Waals surface area (Å²) in [5.41, 5.74) is 0.808. The number of nitrogens with zero attached hydrogens (tertiary/aromatic N) is 2. The lowest BCUT2D eigenvalue weighted by molar-refractivity contribution is 0.496. The van der Waals surface area contributed by atoms with Gasteiger partial charge in [0.25, 0.3) is 5.56 Å². The standard InChI is InChI=1S/C15H18BrN3O/c16-11-5-6-14-13(9-11)15(20)19(10-18-14)8-2-4-12-3-1-7-17-12/h5-6,9-10,12,17H,1-4,7-8H2. The lowest BCUT2D eigenvalue weighted by Gasteiger charge is -2.11. The molecule has 0 aliphatic carbocycles. The van der Waals surface area contributed by atoms with Gasteiger partial charge in [-0.05, 0) is 50.4 Å². The number of hydrogen-bond donors (Lipinski definition) is 1. The number of rotatable bonds is 4. The van der Waals surface area contributed by atoms with Gasteiger partial charge in [0.05, 0.1) is 17.2 Å². The van der Waals surface area contributed by atoms with Crippen LogP contribution in [0.3, 0.4) is 0 Å². The van der Waals surface area contributed by atoms with Gasteiger partial charge in [-0.25, -0.2) is 4.98 Å². The maximum absolute atomic E-state index is 12.4. The van der Waals surface area contributed by atoms with E-state index < -0.39 is 0 Å². The minimum Gasteiger partial charge on any atom is -0.314 e. The average molecular weight is 336 g/mol. The Labute approximate surface area is 126 Å². The molecule has 1 saturated heterocycles. The number of aryl methyl sites for hydroxylation is 1. The first-order valence-electron chi connectivity index (χ1n) is 7.12. The van der Waals surface area contributed by atoms with E-state index in [1.165, 1.54) is 12.8 Å². The molecule has 0 bridgehead atoms. The maximum atomic E-state index is 12.4. The highest BCUT2D eigenvalue weighted by Crippen LogP contribution is 2.15. The summed E-state index contributed by atoms with van der Waals surface area (Å²) in [6.45, 7) is 1.88. The second-order valence-electron chi connectivity index (χ2n) is 5.34. The van der Waals surface area contributed by atoms with Gasteiger partial charge in [0.1, 0.15) is 0 Å². The van der Waals surface area contributed by atoms with Gasteiger partial charge in [-0.3, -0.25) is 9.36 Å². The van der Waals surface area contributed by atoms with Crippen molar-refractivity contribution < 1.29 is 0 Å². The number of benzene rings is 1. The van der Waals surface area contributed by atoms with Gasteiger partial charge in [-0.15, -0.1) is 0 Å². The highest BCUT2D eigenvalue weighted by atomic mass is 79.9. The first kappa shape index (κ1) is 13.8. The van der Waals surface area contributed by atoms with Gasteiger partial charge in [0.2, 0.25) is 0 Å². The van der Waals surface area contributed by atoms with E-state index in [2.05, 4.69) is 26.2 Å². The van der Waals surface area contributed by atoms with Crippen LogP contribution in [0.1, 0.15) is 25.7 Å². The Balaban J connectivity index is 1.74. The van der Waals surface area contributed by atoms with Gasteiger partial charge < -0.3 is 5.32 Å². The van der Waals surface area contributed by atoms with Crippen LogP contribution >= 0.6 is 15.9 Å². The quantitative estimate of drug-likeness (QED) is 0.934. The van der Waals surface area contributed by atoms with Crippen LogP contribution in [-0.2, 0) is 6.54 Å². The maximum Gasteiger partial charge on any atom is 0.261 e. The molecule has 3 rings (SSSR count). The Morgan fingerprint density at radius 3 is 3.15 bits per heavy atom. The van der Waals surface area contributed by atoms with E-state index >= 15 is 0 Å². The van der Waals surface area contributed by atoms with Gasteiger partial charge in [0.15, 0.2) is 0 Å². The van der Waals surface area contributed by atoms with E-state index in [-0.39, 0.29) is 5.56 Å². The summed E-state index contributed by atoms with van der Waals surface area (Å²) in [7, 11) is 0. The summed E-state index contributed by atoms with van der Waals surface area (Å²) in [6.07, 6.45) is 6.34. The molecule has 0 radical (unpaired) electrons. The fraction of sp³-hybridized carbons (Fsp3) is 0.467. The molecule has 0 saturated carbocycles. The van der Waals surface area contributed by atoms with E-state index in [9.17, 15) is 4.79 Å². The van der Waals surface area contributed by atoms with Crippen molar-refractivity contribution in [1.29, 1.82) is 0 Å². The van der Waals surface area contributed by atoms with E-state index in [4.69, 9.17) is 0 Å². The van der Waals surface area contributed by atoms with Gasteiger partial charge in [0, 0.05) is 17.1 Å². The van der Waals surface area contributed by atoms with Gasteiger partial charge >= 0.3 is 0 Å². The first-order valence-corrected chi connectivity index (χ1v) is 7.91. The van der Waals surface area contributed by atoms with Gasteiger partial charge in [-0.2, -0.15) is 0 Å². The van der Waals surface area contributed by atoms with Crippen molar-refractivity contribution in [2.24, 2.45) is 0 Å². The molecule has 0 spiro atoms. The Hall–Kier alpha value is -1.20. The number of hydrogen-bond acceptors (Lipinski definition) is 3. The predicted octanol–water partition coefficient (Wildman–Crippen LogP) is 2.69. The topological polar surface area (TPSA) is 46.9 Å². The Kier molecular flexibility index (Phi) is 4.17. The van der Waals surface area contributed by atoms with Crippen LogP contribution < -0.4 is 10.9 Å². The second kappa shape index (κ2) is 6.06. The zero-order chi connectivity index (χ0) is 13.9. The molecular weight excluding hydrogens is 318 g/mol. The molecule has 106 valence electrons. The lowest BCUT2D eigenvalue weighted by atomic mass is 10.1. The minimum atomic E-state index is 0.0516. The Bertz CT molecular complexity index is 662. The monoisotopic (exact) mass is 335 g/mol. The van der Waals surface area contributed by atoms with Crippen LogP contribution in [0.25, 0.3) is 10.9 Å². The molecule has 4 nitrogen and oxygen atoms in total. The van der Waals surface area contributed by atoms with Crippen molar-refractivity contribution in [2.45, 2.75) is 38.3 Å². The zero-order valence-corrected chi connectivity index (χ0v) is 12.9. The molecule has 1 aliphatic heterocycles. The molecule has 1 aromatic heterocycles. The van der Waals surface area contributed by atoms with Crippen LogP contribution in [0.2, 0.25) is 0 Å². The molecule has 2 heterocycles. The smallest absolute Gasteiger partial charge is 0.261 e. The molecule has 1 aliphatic rings. The van der Waals surface area contributed by atoms with E-state index in [0.29, 0.717) is 11.4 Å². The number of fused-ring (bicyclic) bond motifs is 1. The first-order chi connectivity index (χ1) is 9.74. The molecule has 1 aromatic carbocycles. The van der Waals surface area contributed by atoms with Crippen molar-refractivity contribution in [2.75, 3.05) is 6.54 Å². The van der Waals surface area contributed by atoms with Crippen LogP contribution in [0.4, 0.5) is 0 Å². The summed E-state index contributed by atoms with van der Waals surface area (Å²) in [5.74, 6) is 0. The molecule has 1 N–H and O–H groups in total. The molecule has 1 fully saturated rings. The molecular formula is C15H18BrN3O. The fourth-order valence-electron chi connectivity index (χ4n) is 2.80. The molecule has 1 atom stereocenters. The third-order valence-electron chi connectivity index (χ3n) is 3.90. The Morgan fingerprint density at radius 2 is 2.35 bits per heavy atom. The summed E-state index contributed by atoms with van der Waals surface area (Å²) in [5, 5.41) is 4.17. The number of aromatic nitrogens is 2.